The van der Waals surface area contributed by atoms with Crippen LogP contribution in [-0.2, 0) is 0 Å². The molecule has 0 N–H and O–H groups in total. The molecule has 0 saturated carbocycles. The summed E-state index contributed by atoms with van der Waals surface area (Å²) in [7, 11) is 0. The van der Waals surface area contributed by atoms with Gasteiger partial charge >= 0.3 is 0 Å². The highest BCUT2D eigenvalue weighted by atomic mass is 14.1. The van der Waals surface area contributed by atoms with Crippen LogP contribution in [0.2, 0.25) is 0 Å². The molecule has 2 aromatic carbocycles. The average Bonchev–Trinajstić information content (AvgIpc) is 2.49. The molecule has 0 atom stereocenters. The van der Waals surface area contributed by atoms with Crippen LogP contribution in [0, 0.1) is 6.92 Å². The topological polar surface area (TPSA) is 0 Å². The van der Waals surface area contributed by atoms with E-state index in [1.165, 1.54) is 27.8 Å². The molecule has 0 unspecified atom stereocenters. The molecule has 0 aromatic heterocycles. The lowest BCUT2D eigenvalue weighted by Gasteiger charge is -2.09. The van der Waals surface area contributed by atoms with Gasteiger partial charge < -0.3 is 0 Å². The van der Waals surface area contributed by atoms with Crippen LogP contribution in [0.1, 0.15) is 23.6 Å². The smallest absolute Gasteiger partial charge is 0.0152 e. The van der Waals surface area contributed by atoms with E-state index in [0.717, 1.165) is 0 Å². The second-order valence-corrected chi connectivity index (χ2v) is 4.86. The Morgan fingerprint density at radius 2 is 1.60 bits per heavy atom. The van der Waals surface area contributed by atoms with Crippen molar-refractivity contribution >= 4 is 11.6 Å². The summed E-state index contributed by atoms with van der Waals surface area (Å²) >= 11 is 0. The fraction of sp³-hybridized carbons (Fsp3) is 0.100. The van der Waals surface area contributed by atoms with Gasteiger partial charge in [0.1, 0.15) is 0 Å². The molecule has 0 amide bonds. The summed E-state index contributed by atoms with van der Waals surface area (Å²) in [5.74, 6) is 0. The van der Waals surface area contributed by atoms with Crippen LogP contribution in [-0.4, -0.2) is 0 Å². The highest BCUT2D eigenvalue weighted by molar-refractivity contribution is 5.80. The number of allylic oxidation sites excluding steroid dienone is 4. The van der Waals surface area contributed by atoms with Crippen molar-refractivity contribution in [3.8, 4) is 0 Å². The molecule has 0 bridgehead atoms. The standard InChI is InChI=1S/C20H20/c1-4-19(20-13-9-8-10-16(20)2)17(3)14-15-18-11-6-5-7-12-18/h4-15H,1H2,2-3H3/b15-14-,19-17+. The quantitative estimate of drug-likeness (QED) is 0.621. The molecule has 0 aliphatic rings. The van der Waals surface area contributed by atoms with Gasteiger partial charge in [-0.1, -0.05) is 79.4 Å². The number of aryl methyl sites for hydroxylation is 1. The molecule has 0 radical (unpaired) electrons. The zero-order valence-corrected chi connectivity index (χ0v) is 12.1. The van der Waals surface area contributed by atoms with Gasteiger partial charge in [0.05, 0.1) is 0 Å². The molecule has 2 aromatic rings. The van der Waals surface area contributed by atoms with Crippen molar-refractivity contribution in [2.45, 2.75) is 13.8 Å². The highest BCUT2D eigenvalue weighted by Gasteiger charge is 2.03. The first-order valence-corrected chi connectivity index (χ1v) is 6.85. The minimum Gasteiger partial charge on any atom is -0.0984 e. The fourth-order valence-electron chi connectivity index (χ4n) is 2.23. The van der Waals surface area contributed by atoms with E-state index in [0.29, 0.717) is 0 Å². The van der Waals surface area contributed by atoms with E-state index in [9.17, 15) is 0 Å². The van der Waals surface area contributed by atoms with E-state index in [4.69, 9.17) is 0 Å². The van der Waals surface area contributed by atoms with Crippen LogP contribution < -0.4 is 0 Å². The maximum absolute atomic E-state index is 3.96. The summed E-state index contributed by atoms with van der Waals surface area (Å²) in [6.07, 6.45) is 6.23. The first-order valence-electron chi connectivity index (χ1n) is 6.85. The van der Waals surface area contributed by atoms with Gasteiger partial charge in [-0.25, -0.2) is 0 Å². The SMILES string of the molecule is C=C/C(=C(C)\C=C/c1ccccc1)c1ccccc1C. The van der Waals surface area contributed by atoms with Gasteiger partial charge in [-0.05, 0) is 41.7 Å². The molecule has 0 heteroatoms. The second-order valence-electron chi connectivity index (χ2n) is 4.86. The Bertz CT molecular complexity index is 643. The number of rotatable bonds is 4. The van der Waals surface area contributed by atoms with Crippen LogP contribution in [0.3, 0.4) is 0 Å². The van der Waals surface area contributed by atoms with Gasteiger partial charge in [-0.3, -0.25) is 0 Å². The van der Waals surface area contributed by atoms with Crippen molar-refractivity contribution in [3.63, 3.8) is 0 Å². The van der Waals surface area contributed by atoms with Crippen molar-refractivity contribution in [1.82, 2.24) is 0 Å². The first-order chi connectivity index (χ1) is 9.72. The van der Waals surface area contributed by atoms with E-state index >= 15 is 0 Å². The summed E-state index contributed by atoms with van der Waals surface area (Å²) in [5.41, 5.74) is 6.14. The third-order valence-corrected chi connectivity index (χ3v) is 3.39. The van der Waals surface area contributed by atoms with E-state index in [1.807, 2.05) is 12.1 Å². The third kappa shape index (κ3) is 3.36. The van der Waals surface area contributed by atoms with Crippen LogP contribution in [0.4, 0.5) is 0 Å². The van der Waals surface area contributed by atoms with Gasteiger partial charge in [0.15, 0.2) is 0 Å². The molecular weight excluding hydrogens is 240 g/mol. The lowest BCUT2D eigenvalue weighted by molar-refractivity contribution is 1.41. The molecule has 100 valence electrons. The molecule has 0 nitrogen and oxygen atoms in total. The molecule has 20 heavy (non-hydrogen) atoms. The normalized spacial score (nSPS) is 12.3. The zero-order chi connectivity index (χ0) is 14.4. The Balaban J connectivity index is 2.36. The summed E-state index contributed by atoms with van der Waals surface area (Å²) < 4.78 is 0. The average molecular weight is 260 g/mol. The van der Waals surface area contributed by atoms with E-state index < -0.39 is 0 Å². The van der Waals surface area contributed by atoms with Crippen molar-refractivity contribution in [3.05, 3.63) is 95.6 Å². The minimum absolute atomic E-state index is 1.19. The zero-order valence-electron chi connectivity index (χ0n) is 12.1. The Morgan fingerprint density at radius 1 is 0.950 bits per heavy atom. The maximum Gasteiger partial charge on any atom is -0.0152 e. The van der Waals surface area contributed by atoms with Crippen molar-refractivity contribution in [2.75, 3.05) is 0 Å². The van der Waals surface area contributed by atoms with Crippen LogP contribution in [0.25, 0.3) is 11.6 Å². The van der Waals surface area contributed by atoms with Crippen LogP contribution in [0.15, 0.2) is 78.9 Å². The molecule has 0 heterocycles. The Morgan fingerprint density at radius 3 is 2.25 bits per heavy atom. The maximum atomic E-state index is 3.96. The second kappa shape index (κ2) is 6.72. The summed E-state index contributed by atoms with van der Waals surface area (Å²) in [6.45, 7) is 8.22. The van der Waals surface area contributed by atoms with E-state index in [2.05, 4.69) is 81.1 Å². The fourth-order valence-corrected chi connectivity index (χ4v) is 2.23. The Kier molecular flexibility index (Phi) is 4.73. The van der Waals surface area contributed by atoms with Crippen LogP contribution in [0.5, 0.6) is 0 Å². The molecule has 0 spiro atoms. The lowest BCUT2D eigenvalue weighted by atomic mass is 9.96. The highest BCUT2D eigenvalue weighted by Crippen LogP contribution is 2.24. The van der Waals surface area contributed by atoms with Crippen molar-refractivity contribution < 1.29 is 0 Å². The summed E-state index contributed by atoms with van der Waals surface area (Å²) in [5, 5.41) is 0. The molecule has 0 saturated heterocycles. The molecule has 2 rings (SSSR count). The van der Waals surface area contributed by atoms with Gasteiger partial charge in [0.25, 0.3) is 0 Å². The van der Waals surface area contributed by atoms with Gasteiger partial charge in [0.2, 0.25) is 0 Å². The predicted molar refractivity (Wildman–Crippen MR) is 89.4 cm³/mol. The van der Waals surface area contributed by atoms with Gasteiger partial charge in [-0.15, -0.1) is 0 Å². The Hall–Kier alpha value is -2.34. The lowest BCUT2D eigenvalue weighted by Crippen LogP contribution is -1.88. The largest absolute Gasteiger partial charge is 0.0984 e. The molecule has 0 aliphatic heterocycles. The van der Waals surface area contributed by atoms with E-state index in [-0.39, 0.29) is 0 Å². The van der Waals surface area contributed by atoms with Gasteiger partial charge in [-0.2, -0.15) is 0 Å². The molecule has 0 aliphatic carbocycles. The number of hydrogen-bond donors (Lipinski definition) is 0. The number of benzene rings is 2. The summed E-state index contributed by atoms with van der Waals surface area (Å²) in [6, 6.07) is 18.7. The van der Waals surface area contributed by atoms with Gasteiger partial charge in [0, 0.05) is 0 Å². The Labute approximate surface area is 121 Å². The van der Waals surface area contributed by atoms with E-state index in [1.54, 1.807) is 0 Å². The number of hydrogen-bond acceptors (Lipinski definition) is 0. The van der Waals surface area contributed by atoms with Crippen LogP contribution >= 0.6 is 0 Å². The van der Waals surface area contributed by atoms with Crippen molar-refractivity contribution in [1.29, 1.82) is 0 Å². The summed E-state index contributed by atoms with van der Waals surface area (Å²) in [4.78, 5) is 0. The van der Waals surface area contributed by atoms with Crippen molar-refractivity contribution in [2.24, 2.45) is 0 Å². The monoisotopic (exact) mass is 260 g/mol. The third-order valence-electron chi connectivity index (χ3n) is 3.39. The minimum atomic E-state index is 1.19. The molecular formula is C20H20. The first kappa shape index (κ1) is 14.1. The predicted octanol–water partition coefficient (Wildman–Crippen LogP) is 5.67. The molecule has 0 fully saturated rings.